The highest BCUT2D eigenvalue weighted by molar-refractivity contribution is 5.74. The number of benzene rings is 1. The first-order chi connectivity index (χ1) is 9.44. The summed E-state index contributed by atoms with van der Waals surface area (Å²) in [5.41, 5.74) is 3.44. The normalized spacial score (nSPS) is 23.6. The Morgan fingerprint density at radius 3 is 2.75 bits per heavy atom. The van der Waals surface area contributed by atoms with E-state index in [9.17, 15) is 0 Å². The molecule has 1 aromatic heterocycles. The minimum atomic E-state index is 0.0842. The van der Waals surface area contributed by atoms with E-state index >= 15 is 0 Å². The van der Waals surface area contributed by atoms with Crippen LogP contribution in [0.25, 0.3) is 11.1 Å². The molecule has 0 spiro atoms. The van der Waals surface area contributed by atoms with Crippen molar-refractivity contribution < 1.29 is 4.42 Å². The van der Waals surface area contributed by atoms with Crippen molar-refractivity contribution in [3.63, 3.8) is 0 Å². The van der Waals surface area contributed by atoms with Crippen LogP contribution in [0.4, 0.5) is 0 Å². The summed E-state index contributed by atoms with van der Waals surface area (Å²) in [6.45, 7) is 10.9. The van der Waals surface area contributed by atoms with Crippen LogP contribution in [0.5, 0.6) is 0 Å². The lowest BCUT2D eigenvalue weighted by molar-refractivity contribution is 0.344. The Kier molecular flexibility index (Phi) is 3.13. The Bertz CT molecular complexity index is 615. The molecule has 0 saturated carbocycles. The largest absolute Gasteiger partial charge is 0.440 e. The van der Waals surface area contributed by atoms with Crippen LogP contribution in [0.15, 0.2) is 22.6 Å². The molecule has 0 amide bonds. The summed E-state index contributed by atoms with van der Waals surface area (Å²) in [6, 6.07) is 6.40. The van der Waals surface area contributed by atoms with Gasteiger partial charge in [0, 0.05) is 6.54 Å². The maximum Gasteiger partial charge on any atom is 0.203 e. The van der Waals surface area contributed by atoms with Gasteiger partial charge in [-0.05, 0) is 42.5 Å². The van der Waals surface area contributed by atoms with Crippen molar-refractivity contribution in [3.05, 3.63) is 29.7 Å². The first-order valence-electron chi connectivity index (χ1n) is 7.57. The standard InChI is InChI=1S/C17H24N2O/c1-5-17(8-9-18-11-17)15-19-13-10-12(16(2,3)4)6-7-14(13)20-15/h6-7,10,18H,5,8-9,11H2,1-4H3. The minimum Gasteiger partial charge on any atom is -0.440 e. The number of oxazole rings is 1. The van der Waals surface area contributed by atoms with E-state index in [0.717, 1.165) is 42.9 Å². The predicted octanol–water partition coefficient (Wildman–Crippen LogP) is 3.77. The molecule has 1 unspecified atom stereocenters. The fourth-order valence-electron chi connectivity index (χ4n) is 3.00. The van der Waals surface area contributed by atoms with Gasteiger partial charge >= 0.3 is 0 Å². The molecule has 1 fully saturated rings. The Labute approximate surface area is 120 Å². The van der Waals surface area contributed by atoms with Gasteiger partial charge in [0.25, 0.3) is 0 Å². The maximum atomic E-state index is 6.06. The lowest BCUT2D eigenvalue weighted by atomic mass is 9.84. The summed E-state index contributed by atoms with van der Waals surface area (Å²) in [6.07, 6.45) is 2.18. The minimum absolute atomic E-state index is 0.0842. The average molecular weight is 272 g/mol. The van der Waals surface area contributed by atoms with Gasteiger partial charge in [-0.3, -0.25) is 0 Å². The van der Waals surface area contributed by atoms with Crippen molar-refractivity contribution >= 4 is 11.1 Å². The third-order valence-electron chi connectivity index (χ3n) is 4.63. The zero-order valence-corrected chi connectivity index (χ0v) is 12.9. The van der Waals surface area contributed by atoms with Crippen LogP contribution >= 0.6 is 0 Å². The number of hydrogen-bond donors (Lipinski definition) is 1. The molecule has 1 atom stereocenters. The molecule has 0 radical (unpaired) electrons. The van der Waals surface area contributed by atoms with Crippen molar-refractivity contribution in [1.82, 2.24) is 10.3 Å². The summed E-state index contributed by atoms with van der Waals surface area (Å²) in [5.74, 6) is 0.908. The molecule has 2 aromatic rings. The molecule has 1 N–H and O–H groups in total. The number of hydrogen-bond acceptors (Lipinski definition) is 3. The molecule has 20 heavy (non-hydrogen) atoms. The summed E-state index contributed by atoms with van der Waals surface area (Å²) < 4.78 is 6.06. The van der Waals surface area contributed by atoms with Crippen LogP contribution < -0.4 is 5.32 Å². The van der Waals surface area contributed by atoms with Gasteiger partial charge in [0.1, 0.15) is 5.52 Å². The number of nitrogens with one attached hydrogen (secondary N) is 1. The van der Waals surface area contributed by atoms with Gasteiger partial charge in [-0.25, -0.2) is 4.98 Å². The van der Waals surface area contributed by atoms with E-state index in [4.69, 9.17) is 9.40 Å². The van der Waals surface area contributed by atoms with Gasteiger partial charge in [-0.2, -0.15) is 0 Å². The van der Waals surface area contributed by atoms with Crippen LogP contribution in [0.3, 0.4) is 0 Å². The van der Waals surface area contributed by atoms with Gasteiger partial charge in [0.2, 0.25) is 5.89 Å². The number of nitrogens with zero attached hydrogens (tertiary/aromatic N) is 1. The molecular formula is C17H24N2O. The van der Waals surface area contributed by atoms with Crippen LogP contribution in [-0.4, -0.2) is 18.1 Å². The van der Waals surface area contributed by atoms with Crippen LogP contribution in [0.2, 0.25) is 0 Å². The summed E-state index contributed by atoms with van der Waals surface area (Å²) >= 11 is 0. The second-order valence-corrected chi connectivity index (χ2v) is 7.01. The highest BCUT2D eigenvalue weighted by atomic mass is 16.3. The lowest BCUT2D eigenvalue weighted by Gasteiger charge is -2.21. The summed E-state index contributed by atoms with van der Waals surface area (Å²) in [7, 11) is 0. The van der Waals surface area contributed by atoms with E-state index in [1.807, 2.05) is 0 Å². The van der Waals surface area contributed by atoms with Gasteiger partial charge in [0.15, 0.2) is 5.58 Å². The summed E-state index contributed by atoms with van der Waals surface area (Å²) in [5, 5.41) is 3.44. The van der Waals surface area contributed by atoms with Gasteiger partial charge in [0.05, 0.1) is 5.41 Å². The third kappa shape index (κ3) is 2.14. The molecule has 108 valence electrons. The predicted molar refractivity (Wildman–Crippen MR) is 82.2 cm³/mol. The van der Waals surface area contributed by atoms with E-state index in [1.54, 1.807) is 0 Å². The molecule has 3 heteroatoms. The lowest BCUT2D eigenvalue weighted by Crippen LogP contribution is -2.28. The molecule has 0 bridgehead atoms. The topological polar surface area (TPSA) is 38.1 Å². The van der Waals surface area contributed by atoms with Crippen LogP contribution in [-0.2, 0) is 10.8 Å². The van der Waals surface area contributed by atoms with E-state index in [1.165, 1.54) is 5.56 Å². The molecular weight excluding hydrogens is 248 g/mol. The first-order valence-corrected chi connectivity index (χ1v) is 7.57. The van der Waals surface area contributed by atoms with Crippen molar-refractivity contribution in [2.45, 2.75) is 51.4 Å². The van der Waals surface area contributed by atoms with Crippen molar-refractivity contribution in [1.29, 1.82) is 0 Å². The van der Waals surface area contributed by atoms with Crippen molar-refractivity contribution in [3.8, 4) is 0 Å². The Morgan fingerprint density at radius 2 is 2.15 bits per heavy atom. The molecule has 1 aromatic carbocycles. The van der Waals surface area contributed by atoms with Crippen molar-refractivity contribution in [2.24, 2.45) is 0 Å². The molecule has 3 rings (SSSR count). The SMILES string of the molecule is CCC1(c2nc3cc(C(C)(C)C)ccc3o2)CCNC1. The number of aromatic nitrogens is 1. The van der Waals surface area contributed by atoms with E-state index in [0.29, 0.717) is 0 Å². The second-order valence-electron chi connectivity index (χ2n) is 7.01. The van der Waals surface area contributed by atoms with Gasteiger partial charge in [-0.1, -0.05) is 33.8 Å². The molecule has 3 nitrogen and oxygen atoms in total. The molecule has 1 aliphatic rings. The van der Waals surface area contributed by atoms with Gasteiger partial charge in [-0.15, -0.1) is 0 Å². The zero-order valence-electron chi connectivity index (χ0n) is 12.9. The van der Waals surface area contributed by atoms with Gasteiger partial charge < -0.3 is 9.73 Å². The number of rotatable bonds is 2. The maximum absolute atomic E-state index is 6.06. The molecule has 1 aliphatic heterocycles. The van der Waals surface area contributed by atoms with Crippen LogP contribution in [0, 0.1) is 0 Å². The van der Waals surface area contributed by atoms with E-state index in [2.05, 4.69) is 51.2 Å². The quantitative estimate of drug-likeness (QED) is 0.904. The molecule has 0 aliphatic carbocycles. The Morgan fingerprint density at radius 1 is 1.35 bits per heavy atom. The monoisotopic (exact) mass is 272 g/mol. The second kappa shape index (κ2) is 4.59. The van der Waals surface area contributed by atoms with Crippen molar-refractivity contribution in [2.75, 3.05) is 13.1 Å². The highest BCUT2D eigenvalue weighted by Gasteiger charge is 2.38. The highest BCUT2D eigenvalue weighted by Crippen LogP contribution is 2.36. The first kappa shape index (κ1) is 13.6. The average Bonchev–Trinajstić information content (AvgIpc) is 3.04. The summed E-state index contributed by atoms with van der Waals surface area (Å²) in [4.78, 5) is 4.81. The Hall–Kier alpha value is -1.35. The van der Waals surface area contributed by atoms with E-state index in [-0.39, 0.29) is 10.8 Å². The van der Waals surface area contributed by atoms with E-state index < -0.39 is 0 Å². The Balaban J connectivity index is 2.07. The zero-order chi connectivity index (χ0) is 14.4. The number of fused-ring (bicyclic) bond motifs is 1. The fourth-order valence-corrected chi connectivity index (χ4v) is 3.00. The molecule has 2 heterocycles. The smallest absolute Gasteiger partial charge is 0.203 e. The molecule has 1 saturated heterocycles. The third-order valence-corrected chi connectivity index (χ3v) is 4.63. The fraction of sp³-hybridized carbons (Fsp3) is 0.588. The van der Waals surface area contributed by atoms with Crippen LogP contribution in [0.1, 0.15) is 52.0 Å².